The number of nitrogens with one attached hydrogen (secondary N) is 1. The third kappa shape index (κ3) is 1.93. The van der Waals surface area contributed by atoms with E-state index in [4.69, 9.17) is 34.1 Å². The van der Waals surface area contributed by atoms with Crippen LogP contribution in [0.5, 0.6) is 0 Å². The van der Waals surface area contributed by atoms with Gasteiger partial charge in [-0.2, -0.15) is 0 Å². The molecule has 15 heteroatoms. The standard InChI is InChI=1S/C12H17ClN12O2/c13-6-4(2-19-24-17)3(1-18-23-16)5-11(6)8(26)21-10(15)25(11)7-12(5,27)22-9(14)20-7/h3-8,26-27H,1-2H2,(H2,15,21)(H3,14,20,22)/t3-,4-,5+,6+,7+,8+,11+,12+/m1/s1. The van der Waals surface area contributed by atoms with Gasteiger partial charge in [0.15, 0.2) is 30.0 Å². The lowest BCUT2D eigenvalue weighted by Gasteiger charge is -2.39. The summed E-state index contributed by atoms with van der Waals surface area (Å²) < 4.78 is 0. The first-order valence-corrected chi connectivity index (χ1v) is 8.58. The summed E-state index contributed by atoms with van der Waals surface area (Å²) >= 11 is 6.78. The molecular formula is C12H17ClN12O2. The molecule has 0 radical (unpaired) electrons. The number of hydrogen-bond acceptors (Lipinski definition) is 10. The summed E-state index contributed by atoms with van der Waals surface area (Å²) in [5.74, 6) is -1.93. The first-order chi connectivity index (χ1) is 12.8. The van der Waals surface area contributed by atoms with Gasteiger partial charge in [-0.3, -0.25) is 0 Å². The van der Waals surface area contributed by atoms with Crippen LogP contribution in [0.4, 0.5) is 0 Å². The Balaban J connectivity index is 1.90. The maximum atomic E-state index is 11.5. The van der Waals surface area contributed by atoms with E-state index in [0.29, 0.717) is 0 Å². The Kier molecular flexibility index (Phi) is 3.74. The fourth-order valence-electron chi connectivity index (χ4n) is 5.29. The zero-order valence-corrected chi connectivity index (χ0v) is 14.6. The predicted molar refractivity (Wildman–Crippen MR) is 93.8 cm³/mol. The van der Waals surface area contributed by atoms with Crippen LogP contribution in [0.15, 0.2) is 20.2 Å². The van der Waals surface area contributed by atoms with E-state index in [2.05, 4.69) is 35.4 Å². The molecule has 27 heavy (non-hydrogen) atoms. The third-order valence-electron chi connectivity index (χ3n) is 6.04. The normalized spacial score (nSPS) is 46.4. The van der Waals surface area contributed by atoms with E-state index in [0.717, 1.165) is 0 Å². The molecule has 0 bridgehead atoms. The maximum absolute atomic E-state index is 11.5. The molecule has 1 spiro atoms. The molecule has 4 aliphatic rings. The minimum atomic E-state index is -1.72. The van der Waals surface area contributed by atoms with Crippen molar-refractivity contribution in [3.63, 3.8) is 0 Å². The zero-order valence-electron chi connectivity index (χ0n) is 13.8. The number of hydrogen-bond donors (Lipinski definition) is 5. The van der Waals surface area contributed by atoms with Crippen molar-refractivity contribution in [1.82, 2.24) is 10.2 Å². The van der Waals surface area contributed by atoms with E-state index < -0.39 is 46.8 Å². The molecule has 1 aliphatic carbocycles. The van der Waals surface area contributed by atoms with E-state index in [1.54, 1.807) is 0 Å². The zero-order chi connectivity index (χ0) is 19.6. The second-order valence-electron chi connectivity index (χ2n) is 6.99. The van der Waals surface area contributed by atoms with Crippen LogP contribution in [0.1, 0.15) is 0 Å². The number of nitrogens with zero attached hydrogens (tertiary/aromatic N) is 9. The van der Waals surface area contributed by atoms with Crippen LogP contribution in [0.3, 0.4) is 0 Å². The summed E-state index contributed by atoms with van der Waals surface area (Å²) in [6.45, 7) is -0.0685. The third-order valence-corrected chi connectivity index (χ3v) is 6.71. The molecule has 0 aromatic heterocycles. The Morgan fingerprint density at radius 3 is 2.48 bits per heavy atom. The van der Waals surface area contributed by atoms with E-state index >= 15 is 0 Å². The first kappa shape index (κ1) is 17.8. The van der Waals surface area contributed by atoms with Gasteiger partial charge in [-0.25, -0.2) is 9.98 Å². The highest BCUT2D eigenvalue weighted by molar-refractivity contribution is 6.22. The van der Waals surface area contributed by atoms with Crippen LogP contribution < -0.4 is 16.8 Å². The highest BCUT2D eigenvalue weighted by Gasteiger charge is 2.81. The fourth-order valence-corrected chi connectivity index (χ4v) is 5.91. The molecule has 3 aliphatic heterocycles. The Labute approximate surface area is 157 Å². The lowest BCUT2D eigenvalue weighted by Crippen LogP contribution is -2.61. The van der Waals surface area contributed by atoms with Gasteiger partial charge < -0.3 is 31.9 Å². The molecule has 14 nitrogen and oxygen atoms in total. The molecule has 7 N–H and O–H groups in total. The molecule has 144 valence electrons. The molecule has 2 fully saturated rings. The van der Waals surface area contributed by atoms with Crippen molar-refractivity contribution >= 4 is 23.5 Å². The summed E-state index contributed by atoms with van der Waals surface area (Å²) in [5, 5.41) is 31.4. The van der Waals surface area contributed by atoms with Gasteiger partial charge in [0.2, 0.25) is 0 Å². The summed E-state index contributed by atoms with van der Waals surface area (Å²) in [7, 11) is 0. The number of alkyl halides is 1. The van der Waals surface area contributed by atoms with Gasteiger partial charge in [0.05, 0.1) is 5.38 Å². The van der Waals surface area contributed by atoms with Crippen molar-refractivity contribution < 1.29 is 10.2 Å². The van der Waals surface area contributed by atoms with Crippen LogP contribution >= 0.6 is 11.6 Å². The van der Waals surface area contributed by atoms with Crippen molar-refractivity contribution in [2.45, 2.75) is 29.0 Å². The second-order valence-corrected chi connectivity index (χ2v) is 7.46. The Morgan fingerprint density at radius 1 is 1.22 bits per heavy atom. The number of halogens is 1. The average Bonchev–Trinajstić information content (AvgIpc) is 3.20. The van der Waals surface area contributed by atoms with Crippen molar-refractivity contribution in [3.05, 3.63) is 20.9 Å². The van der Waals surface area contributed by atoms with Gasteiger partial charge in [0, 0.05) is 28.8 Å². The Bertz CT molecular complexity index is 836. The van der Waals surface area contributed by atoms with E-state index in [1.165, 1.54) is 4.90 Å². The molecule has 0 amide bonds. The van der Waals surface area contributed by atoms with Crippen LogP contribution in [0.25, 0.3) is 20.9 Å². The van der Waals surface area contributed by atoms with Crippen molar-refractivity contribution in [3.8, 4) is 0 Å². The smallest absolute Gasteiger partial charge is 0.196 e. The van der Waals surface area contributed by atoms with Crippen molar-refractivity contribution in [2.24, 2.45) is 49.4 Å². The summed E-state index contributed by atoms with van der Waals surface area (Å²) in [6.07, 6.45) is -2.32. The number of aliphatic hydroxyl groups excluding tert-OH is 1. The SMILES string of the molecule is [N-]=[N+]=NC[C@@H]1[C@@H](CN=[N+]=[N-])[C@H](Cl)[C@@]23[C@H](O)N=C(N)N2[C@@H]2N=C(N)N[C@]2(O)[C@@H]13. The van der Waals surface area contributed by atoms with E-state index in [-0.39, 0.29) is 25.0 Å². The topological polar surface area (TPSA) is 230 Å². The van der Waals surface area contributed by atoms with Crippen molar-refractivity contribution in [1.29, 1.82) is 0 Å². The molecular weight excluding hydrogens is 380 g/mol. The van der Waals surface area contributed by atoms with Crippen LogP contribution in [0, 0.1) is 17.8 Å². The lowest BCUT2D eigenvalue weighted by molar-refractivity contribution is -0.0549. The highest BCUT2D eigenvalue weighted by atomic mass is 35.5. The summed E-state index contributed by atoms with van der Waals surface area (Å²) in [5.41, 5.74) is 26.3. The van der Waals surface area contributed by atoms with Gasteiger partial charge in [-0.05, 0) is 22.9 Å². The summed E-state index contributed by atoms with van der Waals surface area (Å²) in [6, 6.07) is 0. The van der Waals surface area contributed by atoms with Gasteiger partial charge >= 0.3 is 0 Å². The maximum Gasteiger partial charge on any atom is 0.196 e. The molecule has 0 aromatic rings. The van der Waals surface area contributed by atoms with Crippen LogP contribution in [-0.4, -0.2) is 69.2 Å². The van der Waals surface area contributed by atoms with Gasteiger partial charge in [0.1, 0.15) is 5.54 Å². The van der Waals surface area contributed by atoms with Crippen LogP contribution in [-0.2, 0) is 0 Å². The molecule has 1 saturated carbocycles. The monoisotopic (exact) mass is 396 g/mol. The number of rotatable bonds is 4. The number of fused-ring (bicyclic) bond motifs is 3. The number of guanidine groups is 2. The average molecular weight is 397 g/mol. The highest BCUT2D eigenvalue weighted by Crippen LogP contribution is 2.64. The molecule has 3 heterocycles. The molecule has 0 unspecified atom stereocenters. The Hall–Kier alpha value is -2.63. The number of nitrogens with two attached hydrogens (primary N) is 2. The first-order valence-electron chi connectivity index (χ1n) is 8.14. The van der Waals surface area contributed by atoms with Gasteiger partial charge in [0.25, 0.3) is 0 Å². The minimum Gasteiger partial charge on any atom is -0.370 e. The number of aliphatic imine (C=N–C) groups is 2. The van der Waals surface area contributed by atoms with Gasteiger partial charge in [-0.15, -0.1) is 11.6 Å². The number of azide groups is 2. The predicted octanol–water partition coefficient (Wildman–Crippen LogP) is -1.29. The van der Waals surface area contributed by atoms with E-state index in [9.17, 15) is 10.2 Å². The lowest BCUT2D eigenvalue weighted by atomic mass is 9.77. The molecule has 1 saturated heterocycles. The Morgan fingerprint density at radius 2 is 1.85 bits per heavy atom. The largest absolute Gasteiger partial charge is 0.370 e. The molecule has 4 rings (SSSR count). The minimum absolute atomic E-state index is 0.00237. The second kappa shape index (κ2) is 5.68. The number of aliphatic hydroxyl groups is 2. The quantitative estimate of drug-likeness (QED) is 0.168. The molecule has 8 atom stereocenters. The van der Waals surface area contributed by atoms with Crippen LogP contribution in [0.2, 0.25) is 0 Å². The molecule has 0 aromatic carbocycles. The fraction of sp³-hybridized carbons (Fsp3) is 0.833. The van der Waals surface area contributed by atoms with Crippen molar-refractivity contribution in [2.75, 3.05) is 13.1 Å². The van der Waals surface area contributed by atoms with Gasteiger partial charge in [-0.1, -0.05) is 10.2 Å². The van der Waals surface area contributed by atoms with E-state index in [1.807, 2.05) is 0 Å². The summed E-state index contributed by atoms with van der Waals surface area (Å²) in [4.78, 5) is 15.3.